The summed E-state index contributed by atoms with van der Waals surface area (Å²) in [6.07, 6.45) is 1.74. The predicted octanol–water partition coefficient (Wildman–Crippen LogP) is 1.07. The number of nitrogens with one attached hydrogen (secondary N) is 1. The van der Waals surface area contributed by atoms with E-state index in [0.717, 1.165) is 31.9 Å². The molecule has 1 atom stereocenters. The molecule has 2 rings (SSSR count). The van der Waals surface area contributed by atoms with Crippen LogP contribution in [0.3, 0.4) is 0 Å². The van der Waals surface area contributed by atoms with Crippen molar-refractivity contribution in [1.82, 2.24) is 10.2 Å². The summed E-state index contributed by atoms with van der Waals surface area (Å²) in [4.78, 5) is 2.42. The Morgan fingerprint density at radius 1 is 1.69 bits per heavy atom. The summed E-state index contributed by atoms with van der Waals surface area (Å²) in [5.74, 6) is 1.06. The highest BCUT2D eigenvalue weighted by Crippen LogP contribution is 2.07. The Morgan fingerprint density at radius 2 is 2.62 bits per heavy atom. The van der Waals surface area contributed by atoms with Crippen molar-refractivity contribution in [3.05, 3.63) is 24.2 Å². The van der Waals surface area contributed by atoms with Crippen molar-refractivity contribution in [2.75, 3.05) is 19.6 Å². The van der Waals surface area contributed by atoms with Gasteiger partial charge in [0.1, 0.15) is 5.76 Å². The van der Waals surface area contributed by atoms with Crippen LogP contribution in [-0.4, -0.2) is 30.6 Å². The standard InChI is InChI=1S/C10H16N2O/c1-9-7-12(5-4-11-9)8-10-3-2-6-13-10/h2-3,6,9,11H,4-5,7-8H2,1H3. The fourth-order valence-electron chi connectivity index (χ4n) is 1.78. The smallest absolute Gasteiger partial charge is 0.117 e. The second-order valence-corrected chi connectivity index (χ2v) is 3.67. The molecule has 1 aliphatic rings. The Balaban J connectivity index is 1.87. The highest BCUT2D eigenvalue weighted by atomic mass is 16.3. The predicted molar refractivity (Wildman–Crippen MR) is 51.4 cm³/mol. The van der Waals surface area contributed by atoms with Gasteiger partial charge in [0.2, 0.25) is 0 Å². The van der Waals surface area contributed by atoms with Crippen LogP contribution in [0.4, 0.5) is 0 Å². The van der Waals surface area contributed by atoms with Crippen LogP contribution in [0.2, 0.25) is 0 Å². The summed E-state index contributed by atoms with van der Waals surface area (Å²) in [7, 11) is 0. The lowest BCUT2D eigenvalue weighted by Crippen LogP contribution is -2.48. The molecule has 0 amide bonds. The zero-order valence-corrected chi connectivity index (χ0v) is 7.99. The van der Waals surface area contributed by atoms with E-state index in [1.807, 2.05) is 12.1 Å². The number of nitrogens with zero attached hydrogens (tertiary/aromatic N) is 1. The molecule has 1 fully saturated rings. The van der Waals surface area contributed by atoms with Crippen molar-refractivity contribution in [2.24, 2.45) is 0 Å². The third-order valence-corrected chi connectivity index (χ3v) is 2.41. The lowest BCUT2D eigenvalue weighted by molar-refractivity contribution is 0.186. The highest BCUT2D eigenvalue weighted by molar-refractivity contribution is 4.98. The van der Waals surface area contributed by atoms with Gasteiger partial charge >= 0.3 is 0 Å². The Morgan fingerprint density at radius 3 is 3.31 bits per heavy atom. The van der Waals surface area contributed by atoms with Crippen LogP contribution in [-0.2, 0) is 6.54 Å². The molecule has 0 aliphatic carbocycles. The van der Waals surface area contributed by atoms with Gasteiger partial charge in [-0.3, -0.25) is 4.90 Å². The molecule has 1 saturated heterocycles. The topological polar surface area (TPSA) is 28.4 Å². The van der Waals surface area contributed by atoms with E-state index < -0.39 is 0 Å². The zero-order chi connectivity index (χ0) is 9.10. The Hall–Kier alpha value is -0.800. The molecule has 0 radical (unpaired) electrons. The van der Waals surface area contributed by atoms with Crippen LogP contribution < -0.4 is 5.32 Å². The van der Waals surface area contributed by atoms with E-state index in [9.17, 15) is 0 Å². The van der Waals surface area contributed by atoms with Crippen molar-refractivity contribution < 1.29 is 4.42 Å². The van der Waals surface area contributed by atoms with E-state index in [1.54, 1.807) is 6.26 Å². The van der Waals surface area contributed by atoms with E-state index >= 15 is 0 Å². The summed E-state index contributed by atoms with van der Waals surface area (Å²) >= 11 is 0. The fraction of sp³-hybridized carbons (Fsp3) is 0.600. The average Bonchev–Trinajstić information content (AvgIpc) is 2.57. The molecule has 72 valence electrons. The molecule has 1 unspecified atom stereocenters. The number of piperazine rings is 1. The average molecular weight is 180 g/mol. The first-order chi connectivity index (χ1) is 6.34. The molecule has 1 N–H and O–H groups in total. The van der Waals surface area contributed by atoms with Crippen LogP contribution >= 0.6 is 0 Å². The summed E-state index contributed by atoms with van der Waals surface area (Å²) < 4.78 is 5.31. The molecule has 1 aliphatic heterocycles. The molecule has 0 saturated carbocycles. The molecule has 3 nitrogen and oxygen atoms in total. The third kappa shape index (κ3) is 2.32. The fourth-order valence-corrected chi connectivity index (χ4v) is 1.78. The van der Waals surface area contributed by atoms with Gasteiger partial charge in [-0.2, -0.15) is 0 Å². The number of rotatable bonds is 2. The van der Waals surface area contributed by atoms with Crippen molar-refractivity contribution in [3.63, 3.8) is 0 Å². The molecule has 0 spiro atoms. The summed E-state index contributed by atoms with van der Waals surface area (Å²) in [6, 6.07) is 4.58. The highest BCUT2D eigenvalue weighted by Gasteiger charge is 2.15. The van der Waals surface area contributed by atoms with Crippen LogP contribution in [0, 0.1) is 0 Å². The van der Waals surface area contributed by atoms with Crippen LogP contribution in [0.5, 0.6) is 0 Å². The van der Waals surface area contributed by atoms with Crippen molar-refractivity contribution >= 4 is 0 Å². The van der Waals surface area contributed by atoms with Crippen LogP contribution in [0.25, 0.3) is 0 Å². The molecule has 2 heterocycles. The van der Waals surface area contributed by atoms with Gasteiger partial charge in [0.25, 0.3) is 0 Å². The van der Waals surface area contributed by atoms with Gasteiger partial charge in [-0.1, -0.05) is 0 Å². The number of hydrogen-bond donors (Lipinski definition) is 1. The Kier molecular flexibility index (Phi) is 2.66. The van der Waals surface area contributed by atoms with Crippen molar-refractivity contribution in [1.29, 1.82) is 0 Å². The molecule has 1 aromatic heterocycles. The van der Waals surface area contributed by atoms with E-state index in [2.05, 4.69) is 17.1 Å². The first-order valence-corrected chi connectivity index (χ1v) is 4.83. The van der Waals surface area contributed by atoms with Crippen molar-refractivity contribution in [2.45, 2.75) is 19.5 Å². The van der Waals surface area contributed by atoms with Gasteiger partial charge in [0.15, 0.2) is 0 Å². The first-order valence-electron chi connectivity index (χ1n) is 4.83. The lowest BCUT2D eigenvalue weighted by atomic mass is 10.2. The zero-order valence-electron chi connectivity index (χ0n) is 7.99. The van der Waals surface area contributed by atoms with Gasteiger partial charge in [-0.25, -0.2) is 0 Å². The van der Waals surface area contributed by atoms with Crippen LogP contribution in [0.1, 0.15) is 12.7 Å². The molecular formula is C10H16N2O. The Labute approximate surface area is 78.7 Å². The van der Waals surface area contributed by atoms with Gasteiger partial charge < -0.3 is 9.73 Å². The van der Waals surface area contributed by atoms with Gasteiger partial charge in [-0.05, 0) is 19.1 Å². The minimum Gasteiger partial charge on any atom is -0.468 e. The van der Waals surface area contributed by atoms with Gasteiger partial charge in [-0.15, -0.1) is 0 Å². The molecule has 1 aromatic rings. The second-order valence-electron chi connectivity index (χ2n) is 3.67. The minimum absolute atomic E-state index is 0.601. The van der Waals surface area contributed by atoms with Gasteiger partial charge in [0.05, 0.1) is 12.8 Å². The van der Waals surface area contributed by atoms with E-state index in [1.165, 1.54) is 0 Å². The largest absolute Gasteiger partial charge is 0.468 e. The maximum Gasteiger partial charge on any atom is 0.117 e. The maximum absolute atomic E-state index is 5.31. The quantitative estimate of drug-likeness (QED) is 0.738. The second kappa shape index (κ2) is 3.94. The Bertz CT molecular complexity index is 245. The monoisotopic (exact) mass is 180 g/mol. The minimum atomic E-state index is 0.601. The molecule has 13 heavy (non-hydrogen) atoms. The SMILES string of the molecule is CC1CN(Cc2ccco2)CCN1. The molecule has 0 bridgehead atoms. The summed E-state index contributed by atoms with van der Waals surface area (Å²) in [6.45, 7) is 6.47. The van der Waals surface area contributed by atoms with E-state index in [4.69, 9.17) is 4.42 Å². The normalized spacial score (nSPS) is 24.8. The molecule has 0 aromatic carbocycles. The van der Waals surface area contributed by atoms with Gasteiger partial charge in [0, 0.05) is 25.7 Å². The number of hydrogen-bond acceptors (Lipinski definition) is 3. The maximum atomic E-state index is 5.31. The number of furan rings is 1. The summed E-state index contributed by atoms with van der Waals surface area (Å²) in [5.41, 5.74) is 0. The third-order valence-electron chi connectivity index (χ3n) is 2.41. The molecule has 3 heteroatoms. The molecular weight excluding hydrogens is 164 g/mol. The lowest BCUT2D eigenvalue weighted by Gasteiger charge is -2.30. The van der Waals surface area contributed by atoms with Crippen LogP contribution in [0.15, 0.2) is 22.8 Å². The van der Waals surface area contributed by atoms with E-state index in [-0.39, 0.29) is 0 Å². The summed E-state index contributed by atoms with van der Waals surface area (Å²) in [5, 5.41) is 3.42. The van der Waals surface area contributed by atoms with Crippen molar-refractivity contribution in [3.8, 4) is 0 Å². The van der Waals surface area contributed by atoms with E-state index in [0.29, 0.717) is 6.04 Å². The first kappa shape index (κ1) is 8.78.